The Morgan fingerprint density at radius 2 is 1.60 bits per heavy atom. The molecule has 0 amide bonds. The zero-order valence-electron chi connectivity index (χ0n) is 10.6. The van der Waals surface area contributed by atoms with E-state index in [2.05, 4.69) is 15.0 Å². The van der Waals surface area contributed by atoms with Crippen LogP contribution < -0.4 is 5.56 Å². The average Bonchev–Trinajstić information content (AvgIpc) is 2.90. The standard InChI is InChI=1S/C16H11N3O/c20-16-15(18-12-7-3-4-8-13(12)19-16)14-9-10-5-1-2-6-11(10)17-14/h1-9,17H,(H,19,20). The van der Waals surface area contributed by atoms with E-state index in [1.54, 1.807) is 0 Å². The van der Waals surface area contributed by atoms with Crippen molar-refractivity contribution < 1.29 is 0 Å². The summed E-state index contributed by atoms with van der Waals surface area (Å²) < 4.78 is 0. The molecule has 0 aliphatic heterocycles. The maximum absolute atomic E-state index is 12.2. The summed E-state index contributed by atoms with van der Waals surface area (Å²) >= 11 is 0. The fourth-order valence-electron chi connectivity index (χ4n) is 2.41. The molecule has 4 rings (SSSR count). The topological polar surface area (TPSA) is 61.5 Å². The highest BCUT2D eigenvalue weighted by Crippen LogP contribution is 2.21. The number of nitrogens with one attached hydrogen (secondary N) is 2. The van der Waals surface area contributed by atoms with Crippen molar-refractivity contribution in [2.45, 2.75) is 0 Å². The van der Waals surface area contributed by atoms with Crippen molar-refractivity contribution in [3.8, 4) is 11.4 Å². The van der Waals surface area contributed by atoms with E-state index in [-0.39, 0.29) is 5.56 Å². The van der Waals surface area contributed by atoms with Crippen molar-refractivity contribution in [3.63, 3.8) is 0 Å². The van der Waals surface area contributed by atoms with Gasteiger partial charge in [0.15, 0.2) is 5.69 Å². The Balaban J connectivity index is 2.01. The molecule has 96 valence electrons. The van der Waals surface area contributed by atoms with Gasteiger partial charge in [-0.25, -0.2) is 4.98 Å². The van der Waals surface area contributed by atoms with Gasteiger partial charge in [-0.05, 0) is 24.3 Å². The van der Waals surface area contributed by atoms with Crippen LogP contribution in [0.15, 0.2) is 59.4 Å². The predicted octanol–water partition coefficient (Wildman–Crippen LogP) is 3.07. The van der Waals surface area contributed by atoms with Gasteiger partial charge in [0.2, 0.25) is 0 Å². The zero-order chi connectivity index (χ0) is 13.5. The molecule has 0 atom stereocenters. The van der Waals surface area contributed by atoms with Crippen molar-refractivity contribution in [1.82, 2.24) is 15.0 Å². The molecule has 4 heteroatoms. The molecule has 0 aliphatic carbocycles. The zero-order valence-corrected chi connectivity index (χ0v) is 10.6. The SMILES string of the molecule is O=c1[nH]c2ccccc2nc1-c1cc2ccccc2[nH]1. The van der Waals surface area contributed by atoms with Crippen LogP contribution in [0, 0.1) is 0 Å². The van der Waals surface area contributed by atoms with Crippen molar-refractivity contribution in [2.24, 2.45) is 0 Å². The molecule has 0 radical (unpaired) electrons. The number of nitrogens with zero attached hydrogens (tertiary/aromatic N) is 1. The van der Waals surface area contributed by atoms with Crippen LogP contribution in [-0.2, 0) is 0 Å². The van der Waals surface area contributed by atoms with Gasteiger partial charge in [-0.3, -0.25) is 4.79 Å². The van der Waals surface area contributed by atoms with Crippen LogP contribution in [0.25, 0.3) is 33.3 Å². The fraction of sp³-hybridized carbons (Fsp3) is 0. The largest absolute Gasteiger partial charge is 0.353 e. The lowest BCUT2D eigenvalue weighted by Crippen LogP contribution is -2.11. The number of rotatable bonds is 1. The number of hydrogen-bond donors (Lipinski definition) is 2. The molecule has 2 aromatic carbocycles. The van der Waals surface area contributed by atoms with Gasteiger partial charge in [0.1, 0.15) is 0 Å². The maximum Gasteiger partial charge on any atom is 0.276 e. The molecule has 2 heterocycles. The number of hydrogen-bond acceptors (Lipinski definition) is 2. The lowest BCUT2D eigenvalue weighted by Gasteiger charge is -2.00. The first-order valence-electron chi connectivity index (χ1n) is 6.38. The third-order valence-corrected chi connectivity index (χ3v) is 3.38. The van der Waals surface area contributed by atoms with Gasteiger partial charge in [-0.1, -0.05) is 30.3 Å². The van der Waals surface area contributed by atoms with Crippen LogP contribution in [0.5, 0.6) is 0 Å². The fourth-order valence-corrected chi connectivity index (χ4v) is 2.41. The van der Waals surface area contributed by atoms with E-state index in [4.69, 9.17) is 0 Å². The van der Waals surface area contributed by atoms with Gasteiger partial charge >= 0.3 is 0 Å². The van der Waals surface area contributed by atoms with E-state index in [9.17, 15) is 4.79 Å². The summed E-state index contributed by atoms with van der Waals surface area (Å²) in [4.78, 5) is 22.7. The molecule has 0 aliphatic rings. The third-order valence-electron chi connectivity index (χ3n) is 3.38. The van der Waals surface area contributed by atoms with Gasteiger partial charge in [0.25, 0.3) is 5.56 Å². The Hall–Kier alpha value is -2.88. The number of aromatic nitrogens is 3. The highest BCUT2D eigenvalue weighted by Gasteiger charge is 2.10. The summed E-state index contributed by atoms with van der Waals surface area (Å²) in [5, 5.41) is 1.07. The average molecular weight is 261 g/mol. The van der Waals surface area contributed by atoms with Gasteiger partial charge in [0.05, 0.1) is 16.7 Å². The van der Waals surface area contributed by atoms with E-state index in [1.165, 1.54) is 0 Å². The summed E-state index contributed by atoms with van der Waals surface area (Å²) in [6.07, 6.45) is 0. The highest BCUT2D eigenvalue weighted by atomic mass is 16.1. The maximum atomic E-state index is 12.2. The summed E-state index contributed by atoms with van der Waals surface area (Å²) in [7, 11) is 0. The Morgan fingerprint density at radius 1 is 0.850 bits per heavy atom. The minimum absolute atomic E-state index is 0.185. The minimum atomic E-state index is -0.185. The second kappa shape index (κ2) is 4.06. The van der Waals surface area contributed by atoms with Crippen LogP contribution in [0.3, 0.4) is 0 Å². The summed E-state index contributed by atoms with van der Waals surface area (Å²) in [5.41, 5.74) is 3.49. The Kier molecular flexibility index (Phi) is 2.23. The molecule has 4 nitrogen and oxygen atoms in total. The second-order valence-corrected chi connectivity index (χ2v) is 4.70. The Labute approximate surface area is 114 Å². The third kappa shape index (κ3) is 1.62. The molecule has 0 spiro atoms. The quantitative estimate of drug-likeness (QED) is 0.553. The van der Waals surface area contributed by atoms with Crippen LogP contribution in [-0.4, -0.2) is 15.0 Å². The molecular formula is C16H11N3O. The summed E-state index contributed by atoms with van der Waals surface area (Å²) in [6, 6.07) is 17.4. The van der Waals surface area contributed by atoms with Crippen molar-refractivity contribution in [2.75, 3.05) is 0 Å². The lowest BCUT2D eigenvalue weighted by atomic mass is 10.2. The molecule has 0 unspecified atom stereocenters. The molecule has 20 heavy (non-hydrogen) atoms. The smallest absolute Gasteiger partial charge is 0.276 e. The molecule has 0 saturated heterocycles. The molecule has 0 fully saturated rings. The summed E-state index contributed by atoms with van der Waals surface area (Å²) in [5.74, 6) is 0. The van der Waals surface area contributed by atoms with Crippen LogP contribution in [0.2, 0.25) is 0 Å². The van der Waals surface area contributed by atoms with E-state index in [1.807, 2.05) is 54.6 Å². The van der Waals surface area contributed by atoms with Gasteiger partial charge in [0, 0.05) is 10.9 Å². The normalized spacial score (nSPS) is 11.2. The van der Waals surface area contributed by atoms with Crippen molar-refractivity contribution >= 4 is 21.9 Å². The number of aromatic amines is 2. The Bertz CT molecular complexity index is 949. The minimum Gasteiger partial charge on any atom is -0.353 e. The highest BCUT2D eigenvalue weighted by molar-refractivity contribution is 5.86. The first-order valence-corrected chi connectivity index (χ1v) is 6.38. The first kappa shape index (κ1) is 11.0. The second-order valence-electron chi connectivity index (χ2n) is 4.70. The summed E-state index contributed by atoms with van der Waals surface area (Å²) in [6.45, 7) is 0. The van der Waals surface area contributed by atoms with Crippen molar-refractivity contribution in [3.05, 3.63) is 65.0 Å². The number of H-pyrrole nitrogens is 2. The first-order chi connectivity index (χ1) is 9.81. The molecule has 0 bridgehead atoms. The molecule has 2 aromatic heterocycles. The lowest BCUT2D eigenvalue weighted by molar-refractivity contribution is 1.20. The number of para-hydroxylation sites is 3. The van der Waals surface area contributed by atoms with Gasteiger partial charge in [-0.15, -0.1) is 0 Å². The van der Waals surface area contributed by atoms with Crippen LogP contribution in [0.1, 0.15) is 0 Å². The Morgan fingerprint density at radius 3 is 2.45 bits per heavy atom. The number of fused-ring (bicyclic) bond motifs is 2. The van der Waals surface area contributed by atoms with Crippen LogP contribution >= 0.6 is 0 Å². The van der Waals surface area contributed by atoms with Crippen LogP contribution in [0.4, 0.5) is 0 Å². The molecule has 2 N–H and O–H groups in total. The number of benzene rings is 2. The predicted molar refractivity (Wildman–Crippen MR) is 79.7 cm³/mol. The monoisotopic (exact) mass is 261 g/mol. The van der Waals surface area contributed by atoms with E-state index in [0.29, 0.717) is 5.69 Å². The van der Waals surface area contributed by atoms with Crippen molar-refractivity contribution in [1.29, 1.82) is 0 Å². The molecule has 4 aromatic rings. The van der Waals surface area contributed by atoms with E-state index >= 15 is 0 Å². The van der Waals surface area contributed by atoms with E-state index in [0.717, 1.165) is 27.6 Å². The van der Waals surface area contributed by atoms with Gasteiger partial charge in [-0.2, -0.15) is 0 Å². The molecule has 0 saturated carbocycles. The van der Waals surface area contributed by atoms with Gasteiger partial charge < -0.3 is 9.97 Å². The van der Waals surface area contributed by atoms with E-state index < -0.39 is 0 Å². The molecular weight excluding hydrogens is 250 g/mol.